The molecule has 0 atom stereocenters. The van der Waals surface area contributed by atoms with Crippen LogP contribution in [0.15, 0.2) is 29.1 Å². The number of nitrogens with one attached hydrogen (secondary N) is 1. The molecular weight excluding hydrogens is 283 g/mol. The van der Waals surface area contributed by atoms with E-state index in [0.29, 0.717) is 48.8 Å². The summed E-state index contributed by atoms with van der Waals surface area (Å²) in [4.78, 5) is 16.6. The first-order valence-electron chi connectivity index (χ1n) is 7.39. The number of nitrogens with zero attached hydrogens (tertiary/aromatic N) is 1. The highest BCUT2D eigenvalue weighted by atomic mass is 19.1. The fourth-order valence-electron chi connectivity index (χ4n) is 2.80. The minimum absolute atomic E-state index is 0.140. The summed E-state index contributed by atoms with van der Waals surface area (Å²) < 4.78 is 19.7. The number of H-pyrrole nitrogens is 1. The highest BCUT2D eigenvalue weighted by molar-refractivity contribution is 5.66. The number of pyridine rings is 1. The topological polar surface area (TPSA) is 45.3 Å². The summed E-state index contributed by atoms with van der Waals surface area (Å²) in [5.41, 5.74) is 3.38. The zero-order chi connectivity index (χ0) is 15.7. The number of aromatic nitrogens is 1. The van der Waals surface area contributed by atoms with Gasteiger partial charge in [0, 0.05) is 24.2 Å². The Balaban J connectivity index is 1.98. The lowest BCUT2D eigenvalue weighted by Gasteiger charge is -2.29. The molecule has 0 bridgehead atoms. The third-order valence-electron chi connectivity index (χ3n) is 4.01. The molecule has 2 aromatic rings. The number of aryl methyl sites for hydroxylation is 2. The molecule has 22 heavy (non-hydrogen) atoms. The Labute approximate surface area is 128 Å². The molecule has 116 valence electrons. The van der Waals surface area contributed by atoms with Crippen molar-refractivity contribution in [1.82, 2.24) is 4.98 Å². The van der Waals surface area contributed by atoms with Crippen LogP contribution in [-0.2, 0) is 4.74 Å². The van der Waals surface area contributed by atoms with Gasteiger partial charge in [0.15, 0.2) is 0 Å². The molecule has 2 heterocycles. The molecule has 1 aliphatic rings. The van der Waals surface area contributed by atoms with Crippen molar-refractivity contribution in [2.75, 3.05) is 31.2 Å². The molecule has 0 radical (unpaired) electrons. The molecule has 1 saturated heterocycles. The van der Waals surface area contributed by atoms with E-state index in [4.69, 9.17) is 4.74 Å². The van der Waals surface area contributed by atoms with Crippen molar-refractivity contribution in [3.05, 3.63) is 51.6 Å². The number of hydrogen-bond acceptors (Lipinski definition) is 3. The first kappa shape index (κ1) is 14.8. The van der Waals surface area contributed by atoms with Crippen LogP contribution in [0.3, 0.4) is 0 Å². The summed E-state index contributed by atoms with van der Waals surface area (Å²) in [6.07, 6.45) is 0. The molecule has 1 fully saturated rings. The lowest BCUT2D eigenvalue weighted by Crippen LogP contribution is -2.36. The van der Waals surface area contributed by atoms with Crippen LogP contribution in [0.5, 0.6) is 0 Å². The first-order valence-corrected chi connectivity index (χ1v) is 7.39. The van der Waals surface area contributed by atoms with Gasteiger partial charge in [-0.25, -0.2) is 4.39 Å². The number of rotatable bonds is 2. The maximum atomic E-state index is 14.5. The zero-order valence-electron chi connectivity index (χ0n) is 12.8. The predicted molar refractivity (Wildman–Crippen MR) is 85.0 cm³/mol. The van der Waals surface area contributed by atoms with Gasteiger partial charge >= 0.3 is 0 Å². The average molecular weight is 302 g/mol. The van der Waals surface area contributed by atoms with Gasteiger partial charge in [-0.2, -0.15) is 0 Å². The van der Waals surface area contributed by atoms with Crippen molar-refractivity contribution < 1.29 is 9.13 Å². The molecule has 0 unspecified atom stereocenters. The van der Waals surface area contributed by atoms with Gasteiger partial charge in [0.1, 0.15) is 5.82 Å². The fourth-order valence-corrected chi connectivity index (χ4v) is 2.80. The Hall–Kier alpha value is -2.14. The van der Waals surface area contributed by atoms with Crippen LogP contribution >= 0.6 is 0 Å². The summed E-state index contributed by atoms with van der Waals surface area (Å²) >= 11 is 0. The Bertz CT molecular complexity index is 749. The maximum absolute atomic E-state index is 14.5. The van der Waals surface area contributed by atoms with E-state index in [-0.39, 0.29) is 11.4 Å². The second-order valence-electron chi connectivity index (χ2n) is 5.61. The molecule has 0 aliphatic carbocycles. The van der Waals surface area contributed by atoms with Gasteiger partial charge < -0.3 is 14.6 Å². The second kappa shape index (κ2) is 5.93. The van der Waals surface area contributed by atoms with Gasteiger partial charge in [-0.1, -0.05) is 6.07 Å². The summed E-state index contributed by atoms with van der Waals surface area (Å²) in [5.74, 6) is -0.278. The Morgan fingerprint density at radius 3 is 2.55 bits per heavy atom. The van der Waals surface area contributed by atoms with E-state index in [9.17, 15) is 9.18 Å². The summed E-state index contributed by atoms with van der Waals surface area (Å²) in [6, 6.07) is 6.93. The molecule has 1 aromatic heterocycles. The van der Waals surface area contributed by atoms with Gasteiger partial charge in [-0.05, 0) is 37.6 Å². The van der Waals surface area contributed by atoms with Gasteiger partial charge in [-0.15, -0.1) is 0 Å². The standard InChI is InChI=1S/C17H19FN2O2/c1-11-9-12(2)17(21)19-16(11)13-3-4-15(14(18)10-13)20-5-7-22-8-6-20/h3-4,9-10H,5-8H2,1-2H3,(H,19,21). The van der Waals surface area contributed by atoms with Crippen LogP contribution in [0, 0.1) is 19.7 Å². The minimum atomic E-state index is -0.278. The van der Waals surface area contributed by atoms with Crippen LogP contribution in [0.4, 0.5) is 10.1 Å². The molecule has 0 saturated carbocycles. The van der Waals surface area contributed by atoms with Crippen LogP contribution < -0.4 is 10.5 Å². The van der Waals surface area contributed by atoms with Gasteiger partial charge in [0.05, 0.1) is 24.6 Å². The number of benzene rings is 1. The smallest absolute Gasteiger partial charge is 0.251 e. The SMILES string of the molecule is Cc1cc(C)c(=O)[nH]c1-c1ccc(N2CCOCC2)c(F)c1. The highest BCUT2D eigenvalue weighted by Crippen LogP contribution is 2.27. The van der Waals surface area contributed by atoms with E-state index in [1.807, 2.05) is 24.0 Å². The normalized spacial score (nSPS) is 15.1. The number of hydrogen-bond donors (Lipinski definition) is 1. The number of ether oxygens (including phenoxy) is 1. The van der Waals surface area contributed by atoms with Crippen LogP contribution in [0.2, 0.25) is 0 Å². The van der Waals surface area contributed by atoms with E-state index in [2.05, 4.69) is 4.98 Å². The summed E-state index contributed by atoms with van der Waals surface area (Å²) in [7, 11) is 0. The van der Waals surface area contributed by atoms with Crippen molar-refractivity contribution in [3.63, 3.8) is 0 Å². The Morgan fingerprint density at radius 2 is 1.86 bits per heavy atom. The Kier molecular flexibility index (Phi) is 3.98. The average Bonchev–Trinajstić information content (AvgIpc) is 2.51. The summed E-state index contributed by atoms with van der Waals surface area (Å²) in [5, 5.41) is 0. The number of morpholine rings is 1. The maximum Gasteiger partial charge on any atom is 0.251 e. The molecule has 1 aliphatic heterocycles. The fraction of sp³-hybridized carbons (Fsp3) is 0.353. The molecule has 4 nitrogen and oxygen atoms in total. The number of anilines is 1. The molecule has 3 rings (SSSR count). The molecule has 0 spiro atoms. The van der Waals surface area contributed by atoms with E-state index in [1.54, 1.807) is 13.0 Å². The number of aromatic amines is 1. The zero-order valence-corrected chi connectivity index (χ0v) is 12.8. The molecule has 5 heteroatoms. The van der Waals surface area contributed by atoms with Crippen LogP contribution in [0.25, 0.3) is 11.3 Å². The summed E-state index contributed by atoms with van der Waals surface area (Å²) in [6.45, 7) is 6.29. The molecule has 0 amide bonds. The van der Waals surface area contributed by atoms with E-state index in [0.717, 1.165) is 5.56 Å². The van der Waals surface area contributed by atoms with Crippen molar-refractivity contribution in [3.8, 4) is 11.3 Å². The molecular formula is C17H19FN2O2. The van der Waals surface area contributed by atoms with Crippen molar-refractivity contribution >= 4 is 5.69 Å². The second-order valence-corrected chi connectivity index (χ2v) is 5.61. The van der Waals surface area contributed by atoms with Gasteiger partial charge in [0.25, 0.3) is 5.56 Å². The lowest BCUT2D eigenvalue weighted by molar-refractivity contribution is 0.122. The lowest BCUT2D eigenvalue weighted by atomic mass is 10.0. The minimum Gasteiger partial charge on any atom is -0.378 e. The van der Waals surface area contributed by atoms with Gasteiger partial charge in [0.2, 0.25) is 0 Å². The van der Waals surface area contributed by atoms with Crippen molar-refractivity contribution in [2.45, 2.75) is 13.8 Å². The first-order chi connectivity index (χ1) is 10.6. The van der Waals surface area contributed by atoms with Gasteiger partial charge in [-0.3, -0.25) is 4.79 Å². The Morgan fingerprint density at radius 1 is 1.14 bits per heavy atom. The van der Waals surface area contributed by atoms with Crippen molar-refractivity contribution in [1.29, 1.82) is 0 Å². The van der Waals surface area contributed by atoms with Crippen LogP contribution in [0.1, 0.15) is 11.1 Å². The quantitative estimate of drug-likeness (QED) is 0.927. The molecule has 1 aromatic carbocycles. The van der Waals surface area contributed by atoms with Crippen LogP contribution in [-0.4, -0.2) is 31.3 Å². The van der Waals surface area contributed by atoms with Crippen molar-refractivity contribution in [2.24, 2.45) is 0 Å². The number of halogens is 1. The van der Waals surface area contributed by atoms with E-state index >= 15 is 0 Å². The molecule has 1 N–H and O–H groups in total. The highest BCUT2D eigenvalue weighted by Gasteiger charge is 2.16. The largest absolute Gasteiger partial charge is 0.378 e. The monoisotopic (exact) mass is 302 g/mol. The predicted octanol–water partition coefficient (Wildman–Crippen LogP) is 2.63. The third-order valence-corrected chi connectivity index (χ3v) is 4.01. The third kappa shape index (κ3) is 2.76. The van der Waals surface area contributed by atoms with E-state index < -0.39 is 0 Å². The van der Waals surface area contributed by atoms with E-state index in [1.165, 1.54) is 6.07 Å².